The Hall–Kier alpha value is -12.9. The van der Waals surface area contributed by atoms with E-state index >= 15 is 0 Å². The molecule has 0 spiro atoms. The van der Waals surface area contributed by atoms with Crippen LogP contribution in [0, 0.1) is 0 Å². The summed E-state index contributed by atoms with van der Waals surface area (Å²) in [6.45, 7) is 0. The molecule has 0 amide bonds. The highest BCUT2D eigenvalue weighted by molar-refractivity contribution is 6.20. The Morgan fingerprint density at radius 1 is 0.160 bits per heavy atom. The fraction of sp³-hybridized carbons (Fsp3) is 0. The Bertz CT molecular complexity index is 5810. The van der Waals surface area contributed by atoms with Crippen molar-refractivity contribution in [2.24, 2.45) is 0 Å². The predicted octanol–water partition coefficient (Wildman–Crippen LogP) is 20.4. The molecular weight excluding hydrogens is 1150 g/mol. The van der Waals surface area contributed by atoms with Crippen LogP contribution in [0.1, 0.15) is 0 Å². The summed E-state index contributed by atoms with van der Waals surface area (Å²) in [6.07, 6.45) is 0. The van der Waals surface area contributed by atoms with E-state index in [0.29, 0.717) is 35.2 Å². The molecule has 0 N–H and O–H groups in total. The van der Waals surface area contributed by atoms with Crippen LogP contribution in [0.5, 0.6) is 0 Å². The first-order valence-electron chi connectivity index (χ1n) is 31.6. The predicted molar refractivity (Wildman–Crippen MR) is 383 cm³/mol. The van der Waals surface area contributed by atoms with E-state index in [2.05, 4.69) is 297 Å². The van der Waals surface area contributed by atoms with Gasteiger partial charge in [-0.25, -0.2) is 9.97 Å². The second-order valence-electron chi connectivity index (χ2n) is 23.9. The number of benzene rings is 13. The summed E-state index contributed by atoms with van der Waals surface area (Å²) in [5, 5.41) is 9.13. The van der Waals surface area contributed by atoms with E-state index in [0.717, 1.165) is 132 Å². The van der Waals surface area contributed by atoms with E-state index in [1.165, 1.54) is 10.8 Å². The van der Waals surface area contributed by atoms with Gasteiger partial charge in [0.15, 0.2) is 23.3 Å². The molecule has 10 heteroatoms. The summed E-state index contributed by atoms with van der Waals surface area (Å²) < 4.78 is 9.16. The minimum atomic E-state index is 0.547. The monoisotopic (exact) mass is 1200 g/mol. The van der Waals surface area contributed by atoms with Crippen molar-refractivity contribution in [2.75, 3.05) is 0 Å². The lowest BCUT2D eigenvalue weighted by atomic mass is 9.97. The summed E-state index contributed by atoms with van der Waals surface area (Å²) in [7, 11) is 0. The minimum absolute atomic E-state index is 0.547. The zero-order chi connectivity index (χ0) is 61.8. The first-order chi connectivity index (χ1) is 46.6. The van der Waals surface area contributed by atoms with Crippen LogP contribution in [-0.4, -0.2) is 48.2 Å². The van der Waals surface area contributed by atoms with Crippen molar-refractivity contribution >= 4 is 87.2 Å². The minimum Gasteiger partial charge on any atom is -0.309 e. The van der Waals surface area contributed by atoms with Gasteiger partial charge in [0.05, 0.1) is 44.1 Å². The molecule has 0 unspecified atom stereocenters. The van der Waals surface area contributed by atoms with Gasteiger partial charge in [0, 0.05) is 76.7 Å². The summed E-state index contributed by atoms with van der Waals surface area (Å²) in [6, 6.07) is 111. The number of fused-ring (bicyclic) bond motifs is 12. The third kappa shape index (κ3) is 8.58. The largest absolute Gasteiger partial charge is 0.309 e. The van der Waals surface area contributed by atoms with Gasteiger partial charge in [-0.15, -0.1) is 0 Å². The third-order valence-electron chi connectivity index (χ3n) is 18.5. The molecule has 0 atom stereocenters. The molecule has 0 aliphatic rings. The molecule has 0 bridgehead atoms. The van der Waals surface area contributed by atoms with Crippen molar-refractivity contribution < 1.29 is 0 Å². The number of hydrogen-bond acceptors (Lipinski definition) is 6. The van der Waals surface area contributed by atoms with E-state index in [1.807, 2.05) is 36.4 Å². The van der Waals surface area contributed by atoms with Crippen LogP contribution in [0.25, 0.3) is 178 Å². The van der Waals surface area contributed by atoms with E-state index < -0.39 is 0 Å². The number of hydrogen-bond donors (Lipinski definition) is 0. The molecule has 0 radical (unpaired) electrons. The van der Waals surface area contributed by atoms with Crippen LogP contribution in [-0.2, 0) is 0 Å². The molecule has 19 rings (SSSR count). The normalized spacial score (nSPS) is 11.8. The number of para-hydroxylation sites is 6. The maximum Gasteiger partial charge on any atom is 0.238 e. The van der Waals surface area contributed by atoms with E-state index in [-0.39, 0.29) is 0 Å². The van der Waals surface area contributed by atoms with Gasteiger partial charge in [-0.2, -0.15) is 19.9 Å². The van der Waals surface area contributed by atoms with Crippen molar-refractivity contribution in [3.63, 3.8) is 0 Å². The molecule has 19 aromatic rings. The van der Waals surface area contributed by atoms with Crippen molar-refractivity contribution in [3.8, 4) is 91.1 Å². The van der Waals surface area contributed by atoms with E-state index in [1.54, 1.807) is 0 Å². The molecule has 0 aliphatic carbocycles. The Labute approximate surface area is 538 Å². The van der Waals surface area contributed by atoms with Crippen LogP contribution < -0.4 is 0 Å². The molecule has 438 valence electrons. The summed E-state index contributed by atoms with van der Waals surface area (Å²) in [5.41, 5.74) is 18.8. The number of aromatic nitrogens is 10. The molecule has 0 saturated heterocycles. The van der Waals surface area contributed by atoms with Gasteiger partial charge in [0.2, 0.25) is 11.9 Å². The molecule has 94 heavy (non-hydrogen) atoms. The van der Waals surface area contributed by atoms with Crippen LogP contribution in [0.4, 0.5) is 0 Å². The lowest BCUT2D eigenvalue weighted by Crippen LogP contribution is -2.06. The summed E-state index contributed by atoms with van der Waals surface area (Å²) in [4.78, 5) is 31.7. The average molecular weight is 1200 g/mol. The third-order valence-corrected chi connectivity index (χ3v) is 18.5. The Morgan fingerprint density at radius 3 is 0.755 bits per heavy atom. The molecule has 0 aliphatic heterocycles. The highest BCUT2D eigenvalue weighted by Crippen LogP contribution is 2.43. The zero-order valence-corrected chi connectivity index (χ0v) is 50.5. The van der Waals surface area contributed by atoms with Crippen LogP contribution in [0.15, 0.2) is 315 Å². The standard InChI is InChI=1S/C84H52N10/c1-5-22-55(23-6-1)79-85-81(89-83(87-79)93-73-38-19-15-34-65(73)69-49-75-67(51-77(69)93)63-32-13-17-36-71(63)91(75)61-28-9-3-10-29-61)57-44-40-53(41-45-57)59-26-21-27-60(48-59)54-42-46-58(47-43-54)82-86-80(56-24-7-2-8-25-56)88-84(90-82)94-74-39-20-16-35-66(74)70-50-76-68(52-78(70)94)64-33-14-18-37-72(64)92(76)62-30-11-4-12-31-62/h1-52H. The lowest BCUT2D eigenvalue weighted by Gasteiger charge is -2.12. The molecule has 0 fully saturated rings. The van der Waals surface area contributed by atoms with E-state index in [9.17, 15) is 0 Å². The van der Waals surface area contributed by atoms with Crippen LogP contribution in [0.2, 0.25) is 0 Å². The maximum atomic E-state index is 5.36. The van der Waals surface area contributed by atoms with Gasteiger partial charge in [0.25, 0.3) is 0 Å². The maximum absolute atomic E-state index is 5.36. The van der Waals surface area contributed by atoms with E-state index in [4.69, 9.17) is 29.9 Å². The smallest absolute Gasteiger partial charge is 0.238 e. The highest BCUT2D eigenvalue weighted by Gasteiger charge is 2.24. The quantitative estimate of drug-likeness (QED) is 0.135. The highest BCUT2D eigenvalue weighted by atomic mass is 15.2. The number of nitrogens with zero attached hydrogens (tertiary/aromatic N) is 10. The average Bonchev–Trinajstić information content (AvgIpc) is 1.57. The molecule has 6 aromatic heterocycles. The van der Waals surface area contributed by atoms with Gasteiger partial charge < -0.3 is 9.13 Å². The zero-order valence-electron chi connectivity index (χ0n) is 50.5. The van der Waals surface area contributed by atoms with Crippen LogP contribution in [0.3, 0.4) is 0 Å². The lowest BCUT2D eigenvalue weighted by molar-refractivity contribution is 0.953. The van der Waals surface area contributed by atoms with Gasteiger partial charge in [0.1, 0.15) is 0 Å². The Morgan fingerprint density at radius 2 is 0.415 bits per heavy atom. The van der Waals surface area contributed by atoms with Crippen molar-refractivity contribution in [2.45, 2.75) is 0 Å². The topological polar surface area (TPSA) is 97.1 Å². The molecule has 10 nitrogen and oxygen atoms in total. The van der Waals surface area contributed by atoms with Crippen molar-refractivity contribution in [1.29, 1.82) is 0 Å². The van der Waals surface area contributed by atoms with Crippen LogP contribution >= 0.6 is 0 Å². The fourth-order valence-corrected chi connectivity index (χ4v) is 14.1. The fourth-order valence-electron chi connectivity index (χ4n) is 14.1. The second kappa shape index (κ2) is 21.4. The first-order valence-corrected chi connectivity index (χ1v) is 31.6. The van der Waals surface area contributed by atoms with Gasteiger partial charge in [-0.1, -0.05) is 237 Å². The Kier molecular flexibility index (Phi) is 12.0. The SMILES string of the molecule is c1ccc(-c2nc(-c3ccc(-c4cccc(-c5ccc(-c6nc(-c7ccccc7)nc(-n7c8ccccc8c8cc9c(cc87)c7ccccc7n9-c7ccccc7)n6)cc5)c4)cc3)nc(-n3c4ccccc4c4cc5c(cc43)c3ccccc3n5-c3ccccc3)n2)cc1. The molecular formula is C84H52N10. The summed E-state index contributed by atoms with van der Waals surface area (Å²) in [5.74, 6) is 3.45. The molecule has 13 aromatic carbocycles. The van der Waals surface area contributed by atoms with Gasteiger partial charge in [-0.05, 0) is 101 Å². The van der Waals surface area contributed by atoms with Crippen molar-refractivity contribution in [1.82, 2.24) is 48.2 Å². The second-order valence-corrected chi connectivity index (χ2v) is 23.9. The summed E-state index contributed by atoms with van der Waals surface area (Å²) >= 11 is 0. The van der Waals surface area contributed by atoms with Crippen molar-refractivity contribution in [3.05, 3.63) is 315 Å². The first kappa shape index (κ1) is 53.0. The number of rotatable bonds is 10. The van der Waals surface area contributed by atoms with Gasteiger partial charge in [-0.3, -0.25) is 9.13 Å². The molecule has 6 heterocycles. The molecule has 0 saturated carbocycles. The Balaban J connectivity index is 0.679. The van der Waals surface area contributed by atoms with Gasteiger partial charge >= 0.3 is 0 Å².